The van der Waals surface area contributed by atoms with Gasteiger partial charge >= 0.3 is 0 Å². The Morgan fingerprint density at radius 3 is 2.58 bits per heavy atom. The SMILES string of the molecule is CCCCC(CC)C(Cc1cccc(Cl)c1Cl)NN. The van der Waals surface area contributed by atoms with Crippen molar-refractivity contribution in [3.8, 4) is 0 Å². The average Bonchev–Trinajstić information content (AvgIpc) is 2.42. The fourth-order valence-electron chi connectivity index (χ4n) is 2.46. The van der Waals surface area contributed by atoms with E-state index in [4.69, 9.17) is 29.0 Å². The van der Waals surface area contributed by atoms with Gasteiger partial charge in [-0.25, -0.2) is 0 Å². The predicted molar refractivity (Wildman–Crippen MR) is 84.6 cm³/mol. The molecule has 19 heavy (non-hydrogen) atoms. The van der Waals surface area contributed by atoms with Crippen molar-refractivity contribution in [3.63, 3.8) is 0 Å². The van der Waals surface area contributed by atoms with Gasteiger partial charge in [-0.15, -0.1) is 0 Å². The van der Waals surface area contributed by atoms with Crippen LogP contribution in [0.25, 0.3) is 0 Å². The normalized spacial score (nSPS) is 14.4. The van der Waals surface area contributed by atoms with Crippen LogP contribution in [0.15, 0.2) is 18.2 Å². The molecule has 0 fully saturated rings. The summed E-state index contributed by atoms with van der Waals surface area (Å²) >= 11 is 12.3. The van der Waals surface area contributed by atoms with Gasteiger partial charge in [0.15, 0.2) is 0 Å². The Hall–Kier alpha value is -0.280. The fraction of sp³-hybridized carbons (Fsp3) is 0.600. The van der Waals surface area contributed by atoms with Gasteiger partial charge in [-0.05, 0) is 30.4 Å². The van der Waals surface area contributed by atoms with Crippen molar-refractivity contribution in [2.45, 2.75) is 52.0 Å². The first kappa shape index (κ1) is 16.8. The second-order valence-corrected chi connectivity index (χ2v) is 5.79. The van der Waals surface area contributed by atoms with Gasteiger partial charge in [-0.3, -0.25) is 11.3 Å². The fourth-order valence-corrected chi connectivity index (χ4v) is 2.86. The number of hydrogen-bond donors (Lipinski definition) is 2. The summed E-state index contributed by atoms with van der Waals surface area (Å²) in [7, 11) is 0. The zero-order valence-corrected chi connectivity index (χ0v) is 13.3. The summed E-state index contributed by atoms with van der Waals surface area (Å²) in [6, 6.07) is 6.01. The van der Waals surface area contributed by atoms with E-state index in [-0.39, 0.29) is 6.04 Å². The lowest BCUT2D eigenvalue weighted by Crippen LogP contribution is -2.42. The van der Waals surface area contributed by atoms with Crippen LogP contribution < -0.4 is 11.3 Å². The highest BCUT2D eigenvalue weighted by molar-refractivity contribution is 6.42. The van der Waals surface area contributed by atoms with E-state index in [0.29, 0.717) is 16.0 Å². The maximum atomic E-state index is 6.25. The maximum absolute atomic E-state index is 6.25. The third kappa shape index (κ3) is 4.96. The highest BCUT2D eigenvalue weighted by atomic mass is 35.5. The highest BCUT2D eigenvalue weighted by Crippen LogP contribution is 2.28. The molecule has 0 bridgehead atoms. The molecular weight excluding hydrogens is 279 g/mol. The number of hydrazine groups is 1. The molecule has 0 amide bonds. The lowest BCUT2D eigenvalue weighted by atomic mass is 9.88. The predicted octanol–water partition coefficient (Wildman–Crippen LogP) is 4.58. The summed E-state index contributed by atoms with van der Waals surface area (Å²) in [6.07, 6.45) is 5.58. The van der Waals surface area contributed by atoms with E-state index in [1.54, 1.807) is 0 Å². The van der Waals surface area contributed by atoms with E-state index in [1.807, 2.05) is 18.2 Å². The Morgan fingerprint density at radius 1 is 1.26 bits per heavy atom. The summed E-state index contributed by atoms with van der Waals surface area (Å²) in [6.45, 7) is 4.43. The van der Waals surface area contributed by atoms with Crippen molar-refractivity contribution in [1.82, 2.24) is 5.43 Å². The summed E-state index contributed by atoms with van der Waals surface area (Å²) in [5.74, 6) is 6.30. The van der Waals surface area contributed by atoms with Gasteiger partial charge in [0.25, 0.3) is 0 Å². The Bertz CT molecular complexity index is 382. The molecule has 3 N–H and O–H groups in total. The molecule has 0 aromatic heterocycles. The molecule has 108 valence electrons. The molecule has 1 aromatic rings. The quantitative estimate of drug-likeness (QED) is 0.545. The number of rotatable bonds is 8. The molecule has 4 heteroatoms. The van der Waals surface area contributed by atoms with E-state index in [1.165, 1.54) is 19.3 Å². The summed E-state index contributed by atoms with van der Waals surface area (Å²) in [5, 5.41) is 1.26. The summed E-state index contributed by atoms with van der Waals surface area (Å²) in [4.78, 5) is 0. The van der Waals surface area contributed by atoms with E-state index < -0.39 is 0 Å². The number of hydrogen-bond acceptors (Lipinski definition) is 2. The van der Waals surface area contributed by atoms with Crippen LogP contribution in [0.4, 0.5) is 0 Å². The van der Waals surface area contributed by atoms with E-state index >= 15 is 0 Å². The minimum atomic E-state index is 0.243. The number of unbranched alkanes of at least 4 members (excludes halogenated alkanes) is 1. The van der Waals surface area contributed by atoms with Crippen molar-refractivity contribution >= 4 is 23.2 Å². The molecule has 1 aromatic carbocycles. The molecular formula is C15H24Cl2N2. The third-order valence-corrected chi connectivity index (χ3v) is 4.57. The van der Waals surface area contributed by atoms with Crippen LogP contribution in [0.3, 0.4) is 0 Å². The van der Waals surface area contributed by atoms with E-state index in [2.05, 4.69) is 19.3 Å². The number of halogens is 2. The van der Waals surface area contributed by atoms with Gasteiger partial charge in [0.2, 0.25) is 0 Å². The Balaban J connectivity index is 2.77. The molecule has 0 spiro atoms. The number of nitrogens with one attached hydrogen (secondary N) is 1. The van der Waals surface area contributed by atoms with Crippen molar-refractivity contribution in [2.75, 3.05) is 0 Å². The number of nitrogens with two attached hydrogens (primary N) is 1. The van der Waals surface area contributed by atoms with Gasteiger partial charge in [0, 0.05) is 6.04 Å². The standard InChI is InChI=1S/C15H24Cl2N2/c1-3-5-7-11(4-2)14(19-18)10-12-8-6-9-13(16)15(12)17/h6,8-9,11,14,19H,3-5,7,10,18H2,1-2H3. The third-order valence-electron chi connectivity index (χ3n) is 3.71. The number of benzene rings is 1. The van der Waals surface area contributed by atoms with Crippen LogP contribution in [-0.4, -0.2) is 6.04 Å². The zero-order valence-electron chi connectivity index (χ0n) is 11.8. The van der Waals surface area contributed by atoms with Crippen molar-refractivity contribution < 1.29 is 0 Å². The molecule has 0 aliphatic carbocycles. The van der Waals surface area contributed by atoms with Gasteiger partial charge in [-0.1, -0.05) is 68.4 Å². The molecule has 0 saturated heterocycles. The van der Waals surface area contributed by atoms with E-state index in [9.17, 15) is 0 Å². The molecule has 0 radical (unpaired) electrons. The second kappa shape index (κ2) is 8.80. The Kier molecular flexibility index (Phi) is 7.77. The first-order valence-electron chi connectivity index (χ1n) is 7.03. The first-order valence-corrected chi connectivity index (χ1v) is 7.78. The monoisotopic (exact) mass is 302 g/mol. The molecule has 0 heterocycles. The maximum Gasteiger partial charge on any atom is 0.0624 e. The minimum absolute atomic E-state index is 0.243. The Labute approximate surface area is 126 Å². The molecule has 1 rings (SSSR count). The van der Waals surface area contributed by atoms with Crippen molar-refractivity contribution in [2.24, 2.45) is 11.8 Å². The Morgan fingerprint density at radius 2 is 2.00 bits per heavy atom. The molecule has 2 nitrogen and oxygen atoms in total. The van der Waals surface area contributed by atoms with Gasteiger partial charge in [-0.2, -0.15) is 0 Å². The lowest BCUT2D eigenvalue weighted by molar-refractivity contribution is 0.318. The van der Waals surface area contributed by atoms with Gasteiger partial charge in [0.05, 0.1) is 10.0 Å². The second-order valence-electron chi connectivity index (χ2n) is 5.00. The highest BCUT2D eigenvalue weighted by Gasteiger charge is 2.20. The van der Waals surface area contributed by atoms with Crippen LogP contribution in [0.5, 0.6) is 0 Å². The molecule has 0 aliphatic heterocycles. The van der Waals surface area contributed by atoms with Crippen molar-refractivity contribution in [3.05, 3.63) is 33.8 Å². The van der Waals surface area contributed by atoms with Crippen molar-refractivity contribution in [1.29, 1.82) is 0 Å². The van der Waals surface area contributed by atoms with Crippen LogP contribution >= 0.6 is 23.2 Å². The topological polar surface area (TPSA) is 38.0 Å². The summed E-state index contributed by atoms with van der Waals surface area (Å²) in [5.41, 5.74) is 4.02. The van der Waals surface area contributed by atoms with Crippen LogP contribution in [0.2, 0.25) is 10.0 Å². The van der Waals surface area contributed by atoms with Crippen LogP contribution in [0.1, 0.15) is 45.1 Å². The first-order chi connectivity index (χ1) is 9.13. The van der Waals surface area contributed by atoms with Gasteiger partial charge in [0.1, 0.15) is 0 Å². The zero-order chi connectivity index (χ0) is 14.3. The molecule has 0 aliphatic rings. The average molecular weight is 303 g/mol. The van der Waals surface area contributed by atoms with Crippen LogP contribution in [0, 0.1) is 5.92 Å². The molecule has 2 atom stereocenters. The smallest absolute Gasteiger partial charge is 0.0624 e. The van der Waals surface area contributed by atoms with E-state index in [0.717, 1.165) is 18.4 Å². The largest absolute Gasteiger partial charge is 0.271 e. The van der Waals surface area contributed by atoms with Gasteiger partial charge < -0.3 is 0 Å². The summed E-state index contributed by atoms with van der Waals surface area (Å²) < 4.78 is 0. The molecule has 0 saturated carbocycles. The minimum Gasteiger partial charge on any atom is -0.271 e. The van der Waals surface area contributed by atoms with Crippen LogP contribution in [-0.2, 0) is 6.42 Å². The lowest BCUT2D eigenvalue weighted by Gasteiger charge is -2.26. The molecule has 2 unspecified atom stereocenters.